The number of amides is 1. The van der Waals surface area contributed by atoms with Crippen LogP contribution in [0.5, 0.6) is 11.5 Å². The molecule has 0 bridgehead atoms. The van der Waals surface area contributed by atoms with Crippen LogP contribution in [0.25, 0.3) is 0 Å². The van der Waals surface area contributed by atoms with Crippen LogP contribution in [0.15, 0.2) is 30.3 Å². The van der Waals surface area contributed by atoms with Gasteiger partial charge in [0.1, 0.15) is 17.3 Å². The van der Waals surface area contributed by atoms with Gasteiger partial charge in [-0.05, 0) is 48.2 Å². The number of esters is 1. The van der Waals surface area contributed by atoms with Crippen LogP contribution < -0.4 is 14.8 Å². The molecular weight excluding hydrogens is 434 g/mol. The molecule has 0 fully saturated rings. The van der Waals surface area contributed by atoms with E-state index in [2.05, 4.69) is 5.32 Å². The van der Waals surface area contributed by atoms with E-state index in [0.29, 0.717) is 41.3 Å². The van der Waals surface area contributed by atoms with Crippen molar-refractivity contribution in [3.8, 4) is 11.5 Å². The molecule has 1 heterocycles. The van der Waals surface area contributed by atoms with Crippen molar-refractivity contribution < 1.29 is 23.9 Å². The molecule has 34 heavy (non-hydrogen) atoms. The van der Waals surface area contributed by atoms with Gasteiger partial charge in [-0.3, -0.25) is 19.8 Å². The second-order valence-electron chi connectivity index (χ2n) is 9.20. The normalized spacial score (nSPS) is 12.9. The summed E-state index contributed by atoms with van der Waals surface area (Å²) in [5.41, 5.74) is 2.68. The van der Waals surface area contributed by atoms with Gasteiger partial charge in [0.15, 0.2) is 5.78 Å². The van der Waals surface area contributed by atoms with Gasteiger partial charge in [-0.15, -0.1) is 0 Å². The highest BCUT2D eigenvalue weighted by Gasteiger charge is 2.30. The lowest BCUT2D eigenvalue weighted by atomic mass is 9.85. The number of fused-ring (bicyclic) bond motifs is 1. The van der Waals surface area contributed by atoms with Gasteiger partial charge in [-0.1, -0.05) is 20.8 Å². The summed E-state index contributed by atoms with van der Waals surface area (Å²) >= 11 is 0. The molecule has 2 aromatic rings. The fourth-order valence-corrected chi connectivity index (χ4v) is 3.95. The second kappa shape index (κ2) is 9.67. The van der Waals surface area contributed by atoms with E-state index in [0.717, 1.165) is 11.1 Å². The van der Waals surface area contributed by atoms with Crippen LogP contribution in [0.1, 0.15) is 72.0 Å². The average Bonchev–Trinajstić information content (AvgIpc) is 3.06. The van der Waals surface area contributed by atoms with Crippen molar-refractivity contribution in [2.24, 2.45) is 0 Å². The smallest absolute Gasteiger partial charge is 0.308 e. The number of nitrogens with one attached hydrogen (secondary N) is 2. The van der Waals surface area contributed by atoms with Gasteiger partial charge >= 0.3 is 5.97 Å². The number of rotatable bonds is 7. The molecule has 2 aromatic carbocycles. The van der Waals surface area contributed by atoms with E-state index in [1.54, 1.807) is 42.3 Å². The quantitative estimate of drug-likeness (QED) is 0.367. The third-order valence-corrected chi connectivity index (χ3v) is 5.61. The van der Waals surface area contributed by atoms with E-state index < -0.39 is 5.97 Å². The molecule has 0 saturated heterocycles. The highest BCUT2D eigenvalue weighted by molar-refractivity contribution is 6.07. The van der Waals surface area contributed by atoms with Crippen LogP contribution in [-0.4, -0.2) is 48.6 Å². The lowest BCUT2D eigenvalue weighted by Crippen LogP contribution is -2.30. The van der Waals surface area contributed by atoms with Gasteiger partial charge in [-0.25, -0.2) is 0 Å². The Kier molecular flexibility index (Phi) is 7.09. The third kappa shape index (κ3) is 5.11. The monoisotopic (exact) mass is 465 g/mol. The maximum absolute atomic E-state index is 13.2. The summed E-state index contributed by atoms with van der Waals surface area (Å²) in [6.07, 6.45) is 0. The molecule has 0 aromatic heterocycles. The van der Waals surface area contributed by atoms with E-state index in [4.69, 9.17) is 14.9 Å². The molecule has 180 valence electrons. The number of hydrogen-bond donors (Lipinski definition) is 2. The molecule has 1 aliphatic heterocycles. The molecule has 1 amide bonds. The molecule has 8 nitrogen and oxygen atoms in total. The minimum Gasteiger partial charge on any atom is -0.493 e. The number of carbonyl (C=O) groups is 3. The first-order valence-corrected chi connectivity index (χ1v) is 11.2. The van der Waals surface area contributed by atoms with Crippen LogP contribution in [0, 0.1) is 5.41 Å². The molecular formula is C26H31N3O5. The van der Waals surface area contributed by atoms with Crippen molar-refractivity contribution in [2.75, 3.05) is 20.2 Å². The van der Waals surface area contributed by atoms with Crippen molar-refractivity contribution in [1.29, 1.82) is 5.41 Å². The number of benzene rings is 2. The lowest BCUT2D eigenvalue weighted by Gasteiger charge is -2.23. The van der Waals surface area contributed by atoms with Gasteiger partial charge in [0.25, 0.3) is 5.91 Å². The largest absolute Gasteiger partial charge is 0.493 e. The fraction of sp³-hybridized carbons (Fsp3) is 0.385. The van der Waals surface area contributed by atoms with E-state index >= 15 is 0 Å². The maximum atomic E-state index is 13.2. The predicted molar refractivity (Wildman–Crippen MR) is 129 cm³/mol. The molecule has 8 heteroatoms. The topological polar surface area (TPSA) is 109 Å². The van der Waals surface area contributed by atoms with Gasteiger partial charge in [0, 0.05) is 37.2 Å². The van der Waals surface area contributed by atoms with Gasteiger partial charge in [0.05, 0.1) is 18.7 Å². The molecule has 3 rings (SSSR count). The summed E-state index contributed by atoms with van der Waals surface area (Å²) in [6, 6.07) is 8.46. The Morgan fingerprint density at radius 1 is 1.12 bits per heavy atom. The summed E-state index contributed by atoms with van der Waals surface area (Å²) < 4.78 is 11.0. The number of nitrogens with zero attached hydrogens (tertiary/aromatic N) is 1. The van der Waals surface area contributed by atoms with Crippen molar-refractivity contribution in [3.05, 3.63) is 58.1 Å². The molecule has 0 spiro atoms. The molecule has 0 saturated carbocycles. The summed E-state index contributed by atoms with van der Waals surface area (Å²) in [5.74, 6) is 0.199. The second-order valence-corrected chi connectivity index (χ2v) is 9.20. The van der Waals surface area contributed by atoms with E-state index in [9.17, 15) is 14.4 Å². The number of hydrogen-bond acceptors (Lipinski definition) is 6. The predicted octanol–water partition coefficient (Wildman–Crippen LogP) is 3.69. The maximum Gasteiger partial charge on any atom is 0.308 e. The number of ether oxygens (including phenoxy) is 2. The first-order valence-electron chi connectivity index (χ1n) is 11.2. The third-order valence-electron chi connectivity index (χ3n) is 5.61. The summed E-state index contributed by atoms with van der Waals surface area (Å²) in [5, 5.41) is 11.2. The zero-order chi connectivity index (χ0) is 25.2. The van der Waals surface area contributed by atoms with Crippen molar-refractivity contribution in [3.63, 3.8) is 0 Å². The van der Waals surface area contributed by atoms with Crippen molar-refractivity contribution in [2.45, 2.75) is 46.6 Å². The molecule has 0 atom stereocenters. The van der Waals surface area contributed by atoms with Crippen LogP contribution in [0.2, 0.25) is 0 Å². The van der Waals surface area contributed by atoms with Gasteiger partial charge < -0.3 is 19.7 Å². The Bertz CT molecular complexity index is 1160. The molecule has 2 N–H and O–H groups in total. The van der Waals surface area contributed by atoms with Crippen LogP contribution >= 0.6 is 0 Å². The van der Waals surface area contributed by atoms with Crippen LogP contribution in [0.3, 0.4) is 0 Å². The fourth-order valence-electron chi connectivity index (χ4n) is 3.95. The molecule has 0 radical (unpaired) electrons. The number of Topliss-reactive ketones (excluding diaryl/α,β-unsaturated/α-hetero) is 1. The minimum absolute atomic E-state index is 0.00326. The standard InChI is InChI=1S/C26H31N3O5/c1-7-33-23-11-17-13-29(24(27)18(17)12-19(23)25(32)28-6)14-21(31)16-8-9-22(34-15(2)30)20(10-16)26(3,4)5/h8-12,27H,7,13-14H2,1-6H3,(H,28,32). The highest BCUT2D eigenvalue weighted by Crippen LogP contribution is 2.34. The van der Waals surface area contributed by atoms with E-state index in [1.807, 2.05) is 27.7 Å². The SMILES string of the molecule is CCOc1cc2c(cc1C(=O)NC)C(=N)N(CC(=O)c1ccc(OC(C)=O)c(C(C)(C)C)c1)C2. The minimum atomic E-state index is -0.421. The van der Waals surface area contributed by atoms with Crippen LogP contribution in [-0.2, 0) is 16.8 Å². The zero-order valence-electron chi connectivity index (χ0n) is 20.5. The average molecular weight is 466 g/mol. The summed E-state index contributed by atoms with van der Waals surface area (Å²) in [4.78, 5) is 38.6. The van der Waals surface area contributed by atoms with Crippen LogP contribution in [0.4, 0.5) is 0 Å². The Labute approximate surface area is 199 Å². The first kappa shape index (κ1) is 25.0. The summed E-state index contributed by atoms with van der Waals surface area (Å²) in [6.45, 7) is 9.90. The van der Waals surface area contributed by atoms with E-state index in [1.165, 1.54) is 6.92 Å². The summed E-state index contributed by atoms with van der Waals surface area (Å²) in [7, 11) is 1.54. The highest BCUT2D eigenvalue weighted by atomic mass is 16.5. The van der Waals surface area contributed by atoms with Gasteiger partial charge in [-0.2, -0.15) is 0 Å². The Hall–Kier alpha value is -3.68. The zero-order valence-corrected chi connectivity index (χ0v) is 20.5. The molecule has 1 aliphatic rings. The Morgan fingerprint density at radius 2 is 1.82 bits per heavy atom. The van der Waals surface area contributed by atoms with Gasteiger partial charge in [0.2, 0.25) is 0 Å². The number of carbonyl (C=O) groups excluding carboxylic acids is 3. The molecule has 0 unspecified atom stereocenters. The first-order chi connectivity index (χ1) is 16.0. The lowest BCUT2D eigenvalue weighted by molar-refractivity contribution is -0.131. The van der Waals surface area contributed by atoms with E-state index in [-0.39, 0.29) is 29.5 Å². The number of amidine groups is 1. The number of ketones is 1. The van der Waals surface area contributed by atoms with Crippen molar-refractivity contribution in [1.82, 2.24) is 10.2 Å². The van der Waals surface area contributed by atoms with Crippen molar-refractivity contribution >= 4 is 23.5 Å². The Morgan fingerprint density at radius 3 is 2.41 bits per heavy atom. The molecule has 0 aliphatic carbocycles. The Balaban J connectivity index is 1.87.